The van der Waals surface area contributed by atoms with E-state index in [0.717, 1.165) is 29.2 Å². The van der Waals surface area contributed by atoms with Crippen LogP contribution in [-0.2, 0) is 9.53 Å². The van der Waals surface area contributed by atoms with Crippen LogP contribution in [-0.4, -0.2) is 30.4 Å². The van der Waals surface area contributed by atoms with E-state index in [1.54, 1.807) is 11.8 Å². The standard InChI is InChI=1S/C15H20ClNO2S/c1-3-19-14(18)15(17-2)9-8-11(10-15)20-13-7-5-4-6-12(13)16/h4-7,11,17H,3,8-10H2,1-2H3. The molecular formula is C15H20ClNO2S. The van der Waals surface area contributed by atoms with Crippen LogP contribution in [0.5, 0.6) is 0 Å². The Hall–Kier alpha value is -0.710. The van der Waals surface area contributed by atoms with Crippen LogP contribution in [0.1, 0.15) is 26.2 Å². The van der Waals surface area contributed by atoms with E-state index in [4.69, 9.17) is 16.3 Å². The molecule has 1 saturated carbocycles. The molecule has 1 N–H and O–H groups in total. The molecule has 3 nitrogen and oxygen atoms in total. The van der Waals surface area contributed by atoms with Gasteiger partial charge in [-0.25, -0.2) is 0 Å². The summed E-state index contributed by atoms with van der Waals surface area (Å²) in [4.78, 5) is 13.2. The Labute approximate surface area is 129 Å². The maximum atomic E-state index is 12.1. The zero-order chi connectivity index (χ0) is 14.6. The highest BCUT2D eigenvalue weighted by Crippen LogP contribution is 2.42. The summed E-state index contributed by atoms with van der Waals surface area (Å²) in [5.41, 5.74) is -0.533. The van der Waals surface area contributed by atoms with Gasteiger partial charge in [-0.15, -0.1) is 11.8 Å². The monoisotopic (exact) mass is 313 g/mol. The van der Waals surface area contributed by atoms with Gasteiger partial charge in [0.05, 0.1) is 11.6 Å². The van der Waals surface area contributed by atoms with Gasteiger partial charge in [0, 0.05) is 10.1 Å². The third kappa shape index (κ3) is 3.30. The number of ether oxygens (including phenoxy) is 1. The molecule has 110 valence electrons. The Balaban J connectivity index is 2.04. The number of thioether (sulfide) groups is 1. The molecule has 2 rings (SSSR count). The van der Waals surface area contributed by atoms with Crippen molar-refractivity contribution in [3.63, 3.8) is 0 Å². The highest BCUT2D eigenvalue weighted by atomic mass is 35.5. The first-order valence-corrected chi connectivity index (χ1v) is 8.14. The average Bonchev–Trinajstić information content (AvgIpc) is 2.86. The smallest absolute Gasteiger partial charge is 0.326 e. The highest BCUT2D eigenvalue weighted by Gasteiger charge is 2.45. The van der Waals surface area contributed by atoms with Crippen molar-refractivity contribution in [1.82, 2.24) is 5.32 Å². The normalized spacial score (nSPS) is 25.6. The summed E-state index contributed by atoms with van der Waals surface area (Å²) in [7, 11) is 1.83. The zero-order valence-electron chi connectivity index (χ0n) is 11.8. The highest BCUT2D eigenvalue weighted by molar-refractivity contribution is 8.00. The molecule has 0 amide bonds. The van der Waals surface area contributed by atoms with Gasteiger partial charge in [0.15, 0.2) is 0 Å². The molecule has 0 spiro atoms. The molecule has 2 atom stereocenters. The molecule has 1 aliphatic rings. The minimum absolute atomic E-state index is 0.134. The van der Waals surface area contributed by atoms with Gasteiger partial charge in [-0.1, -0.05) is 23.7 Å². The van der Waals surface area contributed by atoms with Crippen LogP contribution in [0.25, 0.3) is 0 Å². The van der Waals surface area contributed by atoms with Crippen LogP contribution in [0, 0.1) is 0 Å². The van der Waals surface area contributed by atoms with Crippen molar-refractivity contribution in [1.29, 1.82) is 0 Å². The molecule has 0 bridgehead atoms. The summed E-state index contributed by atoms with van der Waals surface area (Å²) in [6.07, 6.45) is 2.57. The van der Waals surface area contributed by atoms with E-state index in [1.807, 2.05) is 38.2 Å². The van der Waals surface area contributed by atoms with Gasteiger partial charge in [0.1, 0.15) is 5.54 Å². The molecule has 5 heteroatoms. The lowest BCUT2D eigenvalue weighted by Crippen LogP contribution is -2.49. The Bertz CT molecular complexity index is 483. The van der Waals surface area contributed by atoms with Gasteiger partial charge in [0.25, 0.3) is 0 Å². The quantitative estimate of drug-likeness (QED) is 0.844. The zero-order valence-corrected chi connectivity index (χ0v) is 13.4. The molecule has 0 heterocycles. The van der Waals surface area contributed by atoms with E-state index in [1.165, 1.54) is 0 Å². The van der Waals surface area contributed by atoms with E-state index < -0.39 is 5.54 Å². The summed E-state index contributed by atoms with van der Waals surface area (Å²) in [6.45, 7) is 2.26. The molecule has 0 radical (unpaired) electrons. The lowest BCUT2D eigenvalue weighted by atomic mass is 9.98. The number of hydrogen-bond acceptors (Lipinski definition) is 4. The first kappa shape index (κ1) is 15.7. The number of benzene rings is 1. The second-order valence-electron chi connectivity index (χ2n) is 4.97. The molecule has 2 unspecified atom stereocenters. The van der Waals surface area contributed by atoms with Gasteiger partial charge in [-0.05, 0) is 45.4 Å². The predicted octanol–water partition coefficient (Wildman–Crippen LogP) is 3.51. The fraction of sp³-hybridized carbons (Fsp3) is 0.533. The summed E-state index contributed by atoms with van der Waals surface area (Å²) >= 11 is 7.94. The minimum Gasteiger partial charge on any atom is -0.465 e. The summed E-state index contributed by atoms with van der Waals surface area (Å²) in [5, 5.41) is 4.33. The lowest BCUT2D eigenvalue weighted by molar-refractivity contribution is -0.150. The summed E-state index contributed by atoms with van der Waals surface area (Å²) in [6, 6.07) is 7.84. The molecule has 0 saturated heterocycles. The third-order valence-electron chi connectivity index (χ3n) is 3.74. The van der Waals surface area contributed by atoms with Gasteiger partial charge in [-0.2, -0.15) is 0 Å². The summed E-state index contributed by atoms with van der Waals surface area (Å²) in [5.74, 6) is -0.134. The number of hydrogen-bond donors (Lipinski definition) is 1. The number of carbonyl (C=O) groups is 1. The second-order valence-corrected chi connectivity index (χ2v) is 6.72. The van der Waals surface area contributed by atoms with Crippen molar-refractivity contribution in [2.45, 2.75) is 41.9 Å². The van der Waals surface area contributed by atoms with Gasteiger partial charge in [0.2, 0.25) is 0 Å². The third-order valence-corrected chi connectivity index (χ3v) is 5.53. The second kappa shape index (κ2) is 6.83. The molecule has 1 aromatic rings. The van der Waals surface area contributed by atoms with E-state index in [0.29, 0.717) is 11.9 Å². The van der Waals surface area contributed by atoms with Gasteiger partial charge in [-0.3, -0.25) is 4.79 Å². The van der Waals surface area contributed by atoms with Gasteiger partial charge < -0.3 is 10.1 Å². The largest absolute Gasteiger partial charge is 0.465 e. The van der Waals surface area contributed by atoms with E-state index >= 15 is 0 Å². The fourth-order valence-electron chi connectivity index (χ4n) is 2.60. The molecule has 0 aromatic heterocycles. The van der Waals surface area contributed by atoms with E-state index in [9.17, 15) is 4.79 Å². The lowest BCUT2D eigenvalue weighted by Gasteiger charge is -2.26. The number of rotatable bonds is 5. The number of nitrogens with one attached hydrogen (secondary N) is 1. The molecule has 20 heavy (non-hydrogen) atoms. The van der Waals surface area contributed by atoms with Crippen LogP contribution in [0.15, 0.2) is 29.2 Å². The predicted molar refractivity (Wildman–Crippen MR) is 83.4 cm³/mol. The number of esters is 1. The Kier molecular flexibility index (Phi) is 5.35. The first-order valence-electron chi connectivity index (χ1n) is 6.88. The van der Waals surface area contributed by atoms with Crippen LogP contribution < -0.4 is 5.32 Å². The van der Waals surface area contributed by atoms with Gasteiger partial charge >= 0.3 is 5.97 Å². The van der Waals surface area contributed by atoms with E-state index in [2.05, 4.69) is 5.32 Å². The number of likely N-dealkylation sites (N-methyl/N-ethyl adjacent to an activating group) is 1. The summed E-state index contributed by atoms with van der Waals surface area (Å²) < 4.78 is 5.21. The van der Waals surface area contributed by atoms with E-state index in [-0.39, 0.29) is 5.97 Å². The van der Waals surface area contributed by atoms with Crippen LogP contribution in [0.3, 0.4) is 0 Å². The minimum atomic E-state index is -0.533. The molecule has 1 fully saturated rings. The van der Waals surface area contributed by atoms with Crippen molar-refractivity contribution < 1.29 is 9.53 Å². The van der Waals surface area contributed by atoms with Crippen molar-refractivity contribution in [3.8, 4) is 0 Å². The number of carbonyl (C=O) groups excluding carboxylic acids is 1. The van der Waals surface area contributed by atoms with Crippen molar-refractivity contribution in [2.75, 3.05) is 13.7 Å². The number of halogens is 1. The first-order chi connectivity index (χ1) is 9.61. The van der Waals surface area contributed by atoms with Crippen molar-refractivity contribution in [3.05, 3.63) is 29.3 Å². The molecular weight excluding hydrogens is 294 g/mol. The molecule has 0 aliphatic heterocycles. The van der Waals surface area contributed by atoms with Crippen LogP contribution in [0.2, 0.25) is 5.02 Å². The average molecular weight is 314 g/mol. The fourth-order valence-corrected chi connectivity index (χ4v) is 4.17. The SMILES string of the molecule is CCOC(=O)C1(NC)CCC(Sc2ccccc2Cl)C1. The van der Waals surface area contributed by atoms with Crippen molar-refractivity contribution >= 4 is 29.3 Å². The molecule has 1 aliphatic carbocycles. The van der Waals surface area contributed by atoms with Crippen LogP contribution in [0.4, 0.5) is 0 Å². The maximum absolute atomic E-state index is 12.1. The topological polar surface area (TPSA) is 38.3 Å². The van der Waals surface area contributed by atoms with Crippen LogP contribution >= 0.6 is 23.4 Å². The Morgan fingerprint density at radius 1 is 1.55 bits per heavy atom. The maximum Gasteiger partial charge on any atom is 0.326 e. The Morgan fingerprint density at radius 2 is 2.30 bits per heavy atom. The Morgan fingerprint density at radius 3 is 2.95 bits per heavy atom. The van der Waals surface area contributed by atoms with Crippen molar-refractivity contribution in [2.24, 2.45) is 0 Å². The molecule has 1 aromatic carbocycles.